The fraction of sp³-hybridized carbons (Fsp3) is 0.158. The number of rotatable bonds is 6. The lowest BCUT2D eigenvalue weighted by molar-refractivity contribution is 0.747. The Morgan fingerprint density at radius 2 is 1.73 bits per heavy atom. The van der Waals surface area contributed by atoms with Gasteiger partial charge in [0.1, 0.15) is 22.4 Å². The molecule has 26 heavy (non-hydrogen) atoms. The summed E-state index contributed by atoms with van der Waals surface area (Å²) < 4.78 is 0. The molecule has 7 heteroatoms. The van der Waals surface area contributed by atoms with Crippen LogP contribution in [0.1, 0.15) is 24.9 Å². The number of hydrogen-bond donors (Lipinski definition) is 3. The fourth-order valence-electron chi connectivity index (χ4n) is 3.03. The van der Waals surface area contributed by atoms with E-state index in [1.807, 2.05) is 49.4 Å². The van der Waals surface area contributed by atoms with E-state index in [-0.39, 0.29) is 11.7 Å². The van der Waals surface area contributed by atoms with Gasteiger partial charge in [0.15, 0.2) is 0 Å². The molecule has 4 aromatic rings. The molecule has 0 radical (unpaired) electrons. The minimum Gasteiger partial charge on any atom is -0.373 e. The number of hydrogen-bond acceptors (Lipinski definition) is 6. The summed E-state index contributed by atoms with van der Waals surface area (Å²) >= 11 is 0. The van der Waals surface area contributed by atoms with E-state index in [1.165, 1.54) is 0 Å². The molecule has 0 aliphatic rings. The van der Waals surface area contributed by atoms with Crippen LogP contribution in [0.4, 0.5) is 17.1 Å². The number of aromatic amines is 1. The first-order valence-corrected chi connectivity index (χ1v) is 8.40. The summed E-state index contributed by atoms with van der Waals surface area (Å²) in [5.41, 5.74) is 2.52. The van der Waals surface area contributed by atoms with Crippen molar-refractivity contribution < 1.29 is 0 Å². The van der Waals surface area contributed by atoms with Crippen molar-refractivity contribution >= 4 is 28.1 Å². The summed E-state index contributed by atoms with van der Waals surface area (Å²) in [6.45, 7) is 2.03. The van der Waals surface area contributed by atoms with Crippen LogP contribution in [0, 0.1) is 0 Å². The molecule has 1 atom stereocenters. The lowest BCUT2D eigenvalue weighted by Gasteiger charge is -2.22. The third kappa shape index (κ3) is 2.63. The summed E-state index contributed by atoms with van der Waals surface area (Å²) in [6.07, 6.45) is 0.779. The molecular formula is C19H17N5O2. The van der Waals surface area contributed by atoms with Crippen molar-refractivity contribution in [3.8, 4) is 0 Å². The van der Waals surface area contributed by atoms with E-state index in [0.717, 1.165) is 12.0 Å². The number of aromatic nitrogens is 3. The second-order valence-electron chi connectivity index (χ2n) is 6.05. The molecule has 4 rings (SSSR count). The lowest BCUT2D eigenvalue weighted by atomic mass is 10.0. The van der Waals surface area contributed by atoms with Gasteiger partial charge in [0.05, 0.1) is 11.7 Å². The molecule has 130 valence electrons. The predicted octanol–water partition coefficient (Wildman–Crippen LogP) is 2.86. The average molecular weight is 347 g/mol. The maximum atomic E-state index is 12.1. The quantitative estimate of drug-likeness (QED) is 0.464. The van der Waals surface area contributed by atoms with Gasteiger partial charge in [-0.05, 0) is 24.1 Å². The Kier molecular flexibility index (Phi) is 3.96. The zero-order valence-electron chi connectivity index (χ0n) is 14.1. The average Bonchev–Trinajstić information content (AvgIpc) is 3.17. The smallest absolute Gasteiger partial charge is 0.253 e. The molecule has 3 aromatic carbocycles. The molecule has 1 heterocycles. The van der Waals surface area contributed by atoms with Gasteiger partial charge in [-0.1, -0.05) is 43.3 Å². The molecule has 1 aromatic heterocycles. The van der Waals surface area contributed by atoms with Crippen molar-refractivity contribution in [2.75, 3.05) is 10.6 Å². The van der Waals surface area contributed by atoms with Crippen LogP contribution in [0.3, 0.4) is 0 Å². The van der Waals surface area contributed by atoms with Crippen molar-refractivity contribution in [1.29, 1.82) is 0 Å². The molecule has 7 nitrogen and oxygen atoms in total. The minimum absolute atomic E-state index is 0.0529. The molecule has 0 aliphatic heterocycles. The Morgan fingerprint density at radius 3 is 2.50 bits per heavy atom. The summed E-state index contributed by atoms with van der Waals surface area (Å²) in [6, 6.07) is 15.2. The molecule has 0 amide bonds. The molecular weight excluding hydrogens is 330 g/mol. The van der Waals surface area contributed by atoms with E-state index in [4.69, 9.17) is 0 Å². The molecule has 0 unspecified atom stereocenters. The Morgan fingerprint density at radius 1 is 0.962 bits per heavy atom. The van der Waals surface area contributed by atoms with Crippen molar-refractivity contribution in [3.63, 3.8) is 0 Å². The number of para-hydroxylation sites is 1. The zero-order valence-corrected chi connectivity index (χ0v) is 14.1. The lowest BCUT2D eigenvalue weighted by Crippen LogP contribution is -2.37. The molecule has 0 spiro atoms. The topological polar surface area (TPSA) is 99.8 Å². The van der Waals surface area contributed by atoms with Gasteiger partial charge in [-0.25, -0.2) is 0 Å². The van der Waals surface area contributed by atoms with Crippen molar-refractivity contribution in [1.82, 2.24) is 15.4 Å². The van der Waals surface area contributed by atoms with Crippen LogP contribution in [-0.4, -0.2) is 15.4 Å². The minimum atomic E-state index is -0.532. The summed E-state index contributed by atoms with van der Waals surface area (Å²) in [4.78, 5) is 24.2. The third-order valence-corrected chi connectivity index (χ3v) is 4.45. The van der Waals surface area contributed by atoms with E-state index < -0.39 is 10.9 Å². The monoisotopic (exact) mass is 347 g/mol. The van der Waals surface area contributed by atoms with Gasteiger partial charge in [-0.15, -0.1) is 0 Å². The van der Waals surface area contributed by atoms with Crippen molar-refractivity contribution in [3.05, 3.63) is 74.5 Å². The van der Waals surface area contributed by atoms with Crippen LogP contribution in [0.15, 0.2) is 58.1 Å². The Bertz CT molecular complexity index is 1130. The summed E-state index contributed by atoms with van der Waals surface area (Å²) in [7, 11) is 0. The number of H-pyrrole nitrogens is 1. The van der Waals surface area contributed by atoms with Crippen LogP contribution in [0.25, 0.3) is 11.0 Å². The van der Waals surface area contributed by atoms with Crippen LogP contribution in [0.5, 0.6) is 0 Å². The van der Waals surface area contributed by atoms with E-state index in [0.29, 0.717) is 22.4 Å². The van der Waals surface area contributed by atoms with Gasteiger partial charge >= 0.3 is 0 Å². The third-order valence-electron chi connectivity index (χ3n) is 4.45. The Labute approximate surface area is 148 Å². The van der Waals surface area contributed by atoms with Crippen LogP contribution in [-0.2, 0) is 0 Å². The Hall–Kier alpha value is -3.48. The van der Waals surface area contributed by atoms with Gasteiger partial charge in [-0.3, -0.25) is 9.59 Å². The zero-order chi connectivity index (χ0) is 18.1. The van der Waals surface area contributed by atoms with E-state index in [1.54, 1.807) is 6.07 Å². The van der Waals surface area contributed by atoms with E-state index in [9.17, 15) is 9.59 Å². The standard InChI is InChI=1S/C19H17N5O2/c1-2-12(11-7-4-3-5-8-11)20-16-17(19(26)18(16)25)21-13-9-6-10-14-15(13)23-24-22-14/h3-10,12,20-21H,2H2,1H3,(H,22,23,24)/t12-/m1/s1. The van der Waals surface area contributed by atoms with E-state index >= 15 is 0 Å². The first kappa shape index (κ1) is 16.0. The first-order chi connectivity index (χ1) is 12.7. The molecule has 0 fully saturated rings. The molecule has 3 N–H and O–H groups in total. The van der Waals surface area contributed by atoms with Gasteiger partial charge in [0.2, 0.25) is 0 Å². The molecule has 0 saturated heterocycles. The Balaban J connectivity index is 1.65. The van der Waals surface area contributed by atoms with Crippen molar-refractivity contribution in [2.45, 2.75) is 19.4 Å². The van der Waals surface area contributed by atoms with Gasteiger partial charge in [0.25, 0.3) is 10.9 Å². The van der Waals surface area contributed by atoms with Gasteiger partial charge < -0.3 is 10.6 Å². The molecule has 0 aliphatic carbocycles. The highest BCUT2D eigenvalue weighted by Crippen LogP contribution is 2.29. The highest BCUT2D eigenvalue weighted by Gasteiger charge is 2.24. The van der Waals surface area contributed by atoms with Gasteiger partial charge in [-0.2, -0.15) is 15.4 Å². The summed E-state index contributed by atoms with van der Waals surface area (Å²) in [5, 5.41) is 16.9. The first-order valence-electron chi connectivity index (χ1n) is 8.40. The largest absolute Gasteiger partial charge is 0.373 e. The van der Waals surface area contributed by atoms with Crippen LogP contribution < -0.4 is 21.5 Å². The van der Waals surface area contributed by atoms with Crippen LogP contribution in [0.2, 0.25) is 0 Å². The summed E-state index contributed by atoms with van der Waals surface area (Å²) in [5.74, 6) is 0. The fourth-order valence-corrected chi connectivity index (χ4v) is 3.03. The number of anilines is 3. The molecule has 0 bridgehead atoms. The number of nitrogens with zero attached hydrogens (tertiary/aromatic N) is 2. The predicted molar refractivity (Wildman–Crippen MR) is 102 cm³/mol. The highest BCUT2D eigenvalue weighted by atomic mass is 16.2. The highest BCUT2D eigenvalue weighted by molar-refractivity contribution is 5.92. The normalized spacial score (nSPS) is 12.3. The maximum Gasteiger partial charge on any atom is 0.253 e. The number of nitrogens with one attached hydrogen (secondary N) is 3. The second kappa shape index (κ2) is 6.44. The van der Waals surface area contributed by atoms with Crippen molar-refractivity contribution in [2.24, 2.45) is 0 Å². The number of benzene rings is 2. The SMILES string of the molecule is CC[C@@H](Nc1c(Nc2cccc3n[nH]nc23)c(=O)c1=O)c1ccccc1. The van der Waals surface area contributed by atoms with E-state index in [2.05, 4.69) is 26.0 Å². The second-order valence-corrected chi connectivity index (χ2v) is 6.05. The number of fused-ring (bicyclic) bond motifs is 1. The van der Waals surface area contributed by atoms with Gasteiger partial charge in [0, 0.05) is 0 Å². The maximum absolute atomic E-state index is 12.1. The van der Waals surface area contributed by atoms with Crippen LogP contribution >= 0.6 is 0 Å². The molecule has 0 saturated carbocycles.